The van der Waals surface area contributed by atoms with Crippen LogP contribution in [0.4, 0.5) is 10.3 Å². The highest BCUT2D eigenvalue weighted by Crippen LogP contribution is 2.27. The van der Waals surface area contributed by atoms with E-state index in [9.17, 15) is 9.59 Å². The topological polar surface area (TPSA) is 91.3 Å². The molecule has 0 saturated carbocycles. The van der Waals surface area contributed by atoms with Gasteiger partial charge in [-0.2, -0.15) is 0 Å². The second-order valence-electron chi connectivity index (χ2n) is 7.16. The maximum atomic E-state index is 12.7. The van der Waals surface area contributed by atoms with E-state index in [0.717, 1.165) is 28.6 Å². The van der Waals surface area contributed by atoms with Crippen molar-refractivity contribution in [3.05, 3.63) is 29.4 Å². The number of piperazine rings is 1. The highest BCUT2D eigenvalue weighted by atomic mass is 32.1. The lowest BCUT2D eigenvalue weighted by Crippen LogP contribution is -2.49. The number of aromatic nitrogens is 3. The number of rotatable bonds is 5. The van der Waals surface area contributed by atoms with Gasteiger partial charge >= 0.3 is 0 Å². The number of anilines is 2. The van der Waals surface area contributed by atoms with Crippen LogP contribution in [0.3, 0.4) is 0 Å². The molecule has 4 heterocycles. The van der Waals surface area contributed by atoms with E-state index in [2.05, 4.69) is 25.2 Å². The summed E-state index contributed by atoms with van der Waals surface area (Å²) in [5, 5.41) is 6.10. The molecular formula is C19H22N6O2S2. The molecule has 0 radical (unpaired) electrons. The van der Waals surface area contributed by atoms with Crippen LogP contribution in [0.5, 0.6) is 0 Å². The summed E-state index contributed by atoms with van der Waals surface area (Å²) in [6.45, 7) is 6.47. The van der Waals surface area contributed by atoms with Gasteiger partial charge in [-0.1, -0.05) is 25.2 Å². The van der Waals surface area contributed by atoms with Crippen LogP contribution in [-0.2, 0) is 16.0 Å². The number of nitrogens with zero attached hydrogens (tertiary/aromatic N) is 5. The summed E-state index contributed by atoms with van der Waals surface area (Å²) in [4.78, 5) is 42.8. The van der Waals surface area contributed by atoms with Crippen LogP contribution in [-0.4, -0.2) is 57.8 Å². The van der Waals surface area contributed by atoms with Crippen molar-refractivity contribution in [3.8, 4) is 0 Å². The van der Waals surface area contributed by atoms with Crippen molar-refractivity contribution in [3.63, 3.8) is 0 Å². The number of carbonyl (C=O) groups is 2. The Bertz CT molecular complexity index is 990. The molecule has 1 N–H and O–H groups in total. The molecule has 1 fully saturated rings. The number of pyridine rings is 1. The van der Waals surface area contributed by atoms with Gasteiger partial charge in [-0.3, -0.25) is 9.59 Å². The Morgan fingerprint density at radius 2 is 2.00 bits per heavy atom. The molecule has 1 aliphatic heterocycles. The van der Waals surface area contributed by atoms with Crippen LogP contribution in [0.2, 0.25) is 0 Å². The first kappa shape index (κ1) is 19.7. The zero-order valence-electron chi connectivity index (χ0n) is 16.3. The Balaban J connectivity index is 1.31. The Morgan fingerprint density at radius 1 is 1.21 bits per heavy atom. The monoisotopic (exact) mass is 430 g/mol. The lowest BCUT2D eigenvalue weighted by atomic mass is 10.2. The fourth-order valence-corrected chi connectivity index (χ4v) is 4.68. The summed E-state index contributed by atoms with van der Waals surface area (Å²) in [7, 11) is 0. The average molecular weight is 431 g/mol. The van der Waals surface area contributed by atoms with Gasteiger partial charge < -0.3 is 15.1 Å². The number of nitrogens with one attached hydrogen (secondary N) is 1. The lowest BCUT2D eigenvalue weighted by Gasteiger charge is -2.34. The van der Waals surface area contributed by atoms with Gasteiger partial charge in [0.15, 0.2) is 10.3 Å². The standard InChI is InChI=1S/C19H22N6O2S2/c1-12(2)16(27)23-18-21-13(11-28-18)10-15(26)24-6-8-25(9-7-24)19-22-14-4-3-5-20-17(14)29-19/h3-5,11-12H,6-10H2,1-2H3,(H,21,23,27). The number of hydrogen-bond acceptors (Lipinski definition) is 8. The van der Waals surface area contributed by atoms with Crippen molar-refractivity contribution in [2.45, 2.75) is 20.3 Å². The molecule has 0 unspecified atom stereocenters. The first-order valence-corrected chi connectivity index (χ1v) is 11.2. The lowest BCUT2D eigenvalue weighted by molar-refractivity contribution is -0.130. The van der Waals surface area contributed by atoms with Gasteiger partial charge in [-0.25, -0.2) is 15.0 Å². The van der Waals surface area contributed by atoms with Crippen molar-refractivity contribution in [2.24, 2.45) is 5.92 Å². The molecule has 1 aliphatic rings. The van der Waals surface area contributed by atoms with Gasteiger partial charge in [0.2, 0.25) is 11.8 Å². The van der Waals surface area contributed by atoms with E-state index in [1.54, 1.807) is 17.5 Å². The van der Waals surface area contributed by atoms with Crippen molar-refractivity contribution < 1.29 is 9.59 Å². The SMILES string of the molecule is CC(C)C(=O)Nc1nc(CC(=O)N2CCN(c3nc4cccnc4s3)CC2)cs1. The summed E-state index contributed by atoms with van der Waals surface area (Å²) in [6, 6.07) is 3.86. The molecule has 0 bridgehead atoms. The number of hydrogen-bond donors (Lipinski definition) is 1. The summed E-state index contributed by atoms with van der Waals surface area (Å²) < 4.78 is 0. The summed E-state index contributed by atoms with van der Waals surface area (Å²) in [5.74, 6) is -0.118. The van der Waals surface area contributed by atoms with Crippen LogP contribution < -0.4 is 10.2 Å². The molecule has 2 amide bonds. The van der Waals surface area contributed by atoms with Gasteiger partial charge in [0, 0.05) is 43.7 Å². The third kappa shape index (κ3) is 4.54. The van der Waals surface area contributed by atoms with E-state index in [4.69, 9.17) is 0 Å². The van der Waals surface area contributed by atoms with Crippen LogP contribution in [0.1, 0.15) is 19.5 Å². The second-order valence-corrected chi connectivity index (χ2v) is 8.97. The van der Waals surface area contributed by atoms with Gasteiger partial charge in [0.1, 0.15) is 10.3 Å². The maximum Gasteiger partial charge on any atom is 0.228 e. The molecule has 4 rings (SSSR count). The number of carbonyl (C=O) groups excluding carboxylic acids is 2. The normalized spacial score (nSPS) is 14.6. The zero-order valence-corrected chi connectivity index (χ0v) is 17.9. The van der Waals surface area contributed by atoms with E-state index >= 15 is 0 Å². The van der Waals surface area contributed by atoms with E-state index in [1.165, 1.54) is 11.3 Å². The van der Waals surface area contributed by atoms with Crippen molar-refractivity contribution >= 4 is 55.1 Å². The fraction of sp³-hybridized carbons (Fsp3) is 0.421. The Morgan fingerprint density at radius 3 is 2.72 bits per heavy atom. The summed E-state index contributed by atoms with van der Waals surface area (Å²) in [5.41, 5.74) is 1.61. The molecular weight excluding hydrogens is 408 g/mol. The van der Waals surface area contributed by atoms with Gasteiger partial charge in [-0.05, 0) is 12.1 Å². The highest BCUT2D eigenvalue weighted by molar-refractivity contribution is 7.21. The molecule has 1 saturated heterocycles. The highest BCUT2D eigenvalue weighted by Gasteiger charge is 2.24. The Labute approximate surface area is 176 Å². The van der Waals surface area contributed by atoms with E-state index in [-0.39, 0.29) is 24.2 Å². The van der Waals surface area contributed by atoms with Crippen LogP contribution in [0.15, 0.2) is 23.7 Å². The van der Waals surface area contributed by atoms with E-state index in [1.807, 2.05) is 36.3 Å². The largest absolute Gasteiger partial charge is 0.344 e. The number of fused-ring (bicyclic) bond motifs is 1. The maximum absolute atomic E-state index is 12.7. The molecule has 0 aromatic carbocycles. The molecule has 0 aliphatic carbocycles. The van der Waals surface area contributed by atoms with Crippen LogP contribution in [0.25, 0.3) is 10.3 Å². The zero-order chi connectivity index (χ0) is 20.4. The molecule has 0 atom stereocenters. The third-order valence-electron chi connectivity index (χ3n) is 4.70. The van der Waals surface area contributed by atoms with E-state index in [0.29, 0.717) is 23.9 Å². The molecule has 10 heteroatoms. The minimum Gasteiger partial charge on any atom is -0.344 e. The number of amides is 2. The Kier molecular flexibility index (Phi) is 5.72. The minimum atomic E-state index is -0.105. The van der Waals surface area contributed by atoms with Crippen molar-refractivity contribution in [1.29, 1.82) is 0 Å². The van der Waals surface area contributed by atoms with E-state index < -0.39 is 0 Å². The first-order chi connectivity index (χ1) is 14.0. The van der Waals surface area contributed by atoms with Crippen LogP contribution >= 0.6 is 22.7 Å². The second kappa shape index (κ2) is 8.42. The van der Waals surface area contributed by atoms with Crippen molar-refractivity contribution in [1.82, 2.24) is 19.9 Å². The van der Waals surface area contributed by atoms with Crippen LogP contribution in [0, 0.1) is 5.92 Å². The molecule has 0 spiro atoms. The Hall–Kier alpha value is -2.59. The molecule has 3 aromatic rings. The molecule has 3 aromatic heterocycles. The number of thiazole rings is 2. The third-order valence-corrected chi connectivity index (χ3v) is 6.54. The van der Waals surface area contributed by atoms with Crippen molar-refractivity contribution in [2.75, 3.05) is 36.4 Å². The smallest absolute Gasteiger partial charge is 0.228 e. The summed E-state index contributed by atoms with van der Waals surface area (Å²) >= 11 is 2.93. The molecule has 8 nitrogen and oxygen atoms in total. The average Bonchev–Trinajstić information content (AvgIpc) is 3.34. The first-order valence-electron chi connectivity index (χ1n) is 9.49. The molecule has 152 valence electrons. The molecule has 29 heavy (non-hydrogen) atoms. The quantitative estimate of drug-likeness (QED) is 0.669. The van der Waals surface area contributed by atoms with Gasteiger partial charge in [0.05, 0.1) is 12.1 Å². The fourth-order valence-electron chi connectivity index (χ4n) is 3.00. The predicted octanol–water partition coefficient (Wildman–Crippen LogP) is 2.63. The van der Waals surface area contributed by atoms with Gasteiger partial charge in [-0.15, -0.1) is 11.3 Å². The predicted molar refractivity (Wildman–Crippen MR) is 115 cm³/mol. The summed E-state index contributed by atoms with van der Waals surface area (Å²) in [6.07, 6.45) is 2.03. The minimum absolute atomic E-state index is 0.0580. The van der Waals surface area contributed by atoms with Gasteiger partial charge in [0.25, 0.3) is 0 Å².